The van der Waals surface area contributed by atoms with Crippen molar-refractivity contribution < 1.29 is 9.13 Å². The van der Waals surface area contributed by atoms with Gasteiger partial charge in [-0.25, -0.2) is 4.39 Å². The van der Waals surface area contributed by atoms with Gasteiger partial charge in [-0.2, -0.15) is 0 Å². The molecule has 0 heterocycles. The summed E-state index contributed by atoms with van der Waals surface area (Å²) in [5.74, 6) is 0.477. The van der Waals surface area contributed by atoms with Gasteiger partial charge in [0.25, 0.3) is 0 Å². The first-order chi connectivity index (χ1) is 10.2. The molecule has 1 aliphatic rings. The standard InChI is InChI=1S/C18H28FNO/c1-3-21-18(15-7-5-4-6-8-15)17(20-2)13-14-9-11-16(19)12-10-14/h9-12,15,17-18,20H,3-8,13H2,1-2H3. The Kier molecular flexibility index (Phi) is 6.65. The molecule has 0 saturated heterocycles. The Hall–Kier alpha value is -0.930. The monoisotopic (exact) mass is 293 g/mol. The van der Waals surface area contributed by atoms with Crippen molar-refractivity contribution in [3.63, 3.8) is 0 Å². The summed E-state index contributed by atoms with van der Waals surface area (Å²) in [6.07, 6.45) is 7.68. The lowest BCUT2D eigenvalue weighted by Gasteiger charge is -2.35. The van der Waals surface area contributed by atoms with Crippen molar-refractivity contribution >= 4 is 0 Å². The lowest BCUT2D eigenvalue weighted by Crippen LogP contribution is -2.46. The maximum atomic E-state index is 13.0. The van der Waals surface area contributed by atoms with E-state index in [1.54, 1.807) is 12.1 Å². The number of hydrogen-bond donors (Lipinski definition) is 1. The molecule has 1 aromatic rings. The van der Waals surface area contributed by atoms with Crippen LogP contribution in [0.1, 0.15) is 44.6 Å². The highest BCUT2D eigenvalue weighted by Crippen LogP contribution is 2.30. The van der Waals surface area contributed by atoms with Crippen molar-refractivity contribution in [3.05, 3.63) is 35.6 Å². The van der Waals surface area contributed by atoms with Crippen molar-refractivity contribution in [1.82, 2.24) is 5.32 Å². The van der Waals surface area contributed by atoms with Gasteiger partial charge in [-0.1, -0.05) is 31.4 Å². The van der Waals surface area contributed by atoms with E-state index in [-0.39, 0.29) is 11.9 Å². The Labute approximate surface area is 128 Å². The number of nitrogens with one attached hydrogen (secondary N) is 1. The molecule has 0 radical (unpaired) electrons. The summed E-state index contributed by atoms with van der Waals surface area (Å²) < 4.78 is 19.1. The zero-order valence-corrected chi connectivity index (χ0v) is 13.3. The molecule has 0 aromatic heterocycles. The van der Waals surface area contributed by atoms with Gasteiger partial charge >= 0.3 is 0 Å². The Bertz CT molecular complexity index is 400. The van der Waals surface area contributed by atoms with E-state index in [4.69, 9.17) is 4.74 Å². The lowest BCUT2D eigenvalue weighted by atomic mass is 9.81. The summed E-state index contributed by atoms with van der Waals surface area (Å²) in [4.78, 5) is 0. The average molecular weight is 293 g/mol. The van der Waals surface area contributed by atoms with Crippen LogP contribution in [0.2, 0.25) is 0 Å². The van der Waals surface area contributed by atoms with E-state index in [1.165, 1.54) is 32.1 Å². The smallest absolute Gasteiger partial charge is 0.123 e. The molecule has 1 aromatic carbocycles. The van der Waals surface area contributed by atoms with Crippen LogP contribution in [0.25, 0.3) is 0 Å². The highest BCUT2D eigenvalue weighted by Gasteiger charge is 2.30. The Morgan fingerprint density at radius 1 is 1.19 bits per heavy atom. The third kappa shape index (κ3) is 4.79. The Balaban J connectivity index is 2.05. The number of halogens is 1. The topological polar surface area (TPSA) is 21.3 Å². The summed E-state index contributed by atoms with van der Waals surface area (Å²) in [6, 6.07) is 7.13. The SMILES string of the molecule is CCOC(C1CCCCC1)C(Cc1ccc(F)cc1)NC. The summed E-state index contributed by atoms with van der Waals surface area (Å²) in [5, 5.41) is 3.43. The van der Waals surface area contributed by atoms with Gasteiger partial charge in [-0.15, -0.1) is 0 Å². The predicted molar refractivity (Wildman–Crippen MR) is 84.9 cm³/mol. The van der Waals surface area contributed by atoms with Crippen LogP contribution in [-0.4, -0.2) is 25.8 Å². The zero-order chi connectivity index (χ0) is 15.1. The number of hydrogen-bond acceptors (Lipinski definition) is 2. The number of ether oxygens (including phenoxy) is 1. The number of rotatable bonds is 7. The van der Waals surface area contributed by atoms with E-state index >= 15 is 0 Å². The van der Waals surface area contributed by atoms with Gasteiger partial charge in [0, 0.05) is 12.6 Å². The molecular weight excluding hydrogens is 265 g/mol. The third-order valence-corrected chi connectivity index (χ3v) is 4.61. The van der Waals surface area contributed by atoms with Crippen molar-refractivity contribution in [1.29, 1.82) is 0 Å². The van der Waals surface area contributed by atoms with Crippen LogP contribution in [0.3, 0.4) is 0 Å². The molecule has 1 saturated carbocycles. The maximum Gasteiger partial charge on any atom is 0.123 e. The van der Waals surface area contributed by atoms with Crippen molar-refractivity contribution in [3.8, 4) is 0 Å². The van der Waals surface area contributed by atoms with Crippen molar-refractivity contribution in [2.24, 2.45) is 5.92 Å². The van der Waals surface area contributed by atoms with E-state index in [0.29, 0.717) is 12.0 Å². The molecule has 21 heavy (non-hydrogen) atoms. The molecule has 0 amide bonds. The molecule has 0 bridgehead atoms. The summed E-state index contributed by atoms with van der Waals surface area (Å²) >= 11 is 0. The van der Waals surface area contributed by atoms with Gasteiger partial charge < -0.3 is 10.1 Å². The van der Waals surface area contributed by atoms with Crippen LogP contribution in [0.5, 0.6) is 0 Å². The normalized spacial score (nSPS) is 19.4. The molecule has 1 fully saturated rings. The quantitative estimate of drug-likeness (QED) is 0.822. The van der Waals surface area contributed by atoms with Gasteiger partial charge in [0.2, 0.25) is 0 Å². The van der Waals surface area contributed by atoms with E-state index in [9.17, 15) is 4.39 Å². The van der Waals surface area contributed by atoms with Crippen LogP contribution in [0.15, 0.2) is 24.3 Å². The largest absolute Gasteiger partial charge is 0.377 e. The van der Waals surface area contributed by atoms with Gasteiger partial charge in [0.15, 0.2) is 0 Å². The lowest BCUT2D eigenvalue weighted by molar-refractivity contribution is -0.0159. The first-order valence-electron chi connectivity index (χ1n) is 8.28. The van der Waals surface area contributed by atoms with Gasteiger partial charge in [0.05, 0.1) is 6.10 Å². The van der Waals surface area contributed by atoms with Crippen LogP contribution in [-0.2, 0) is 11.2 Å². The first-order valence-corrected chi connectivity index (χ1v) is 8.28. The molecule has 0 spiro atoms. The fourth-order valence-corrected chi connectivity index (χ4v) is 3.49. The fourth-order valence-electron chi connectivity index (χ4n) is 3.49. The second-order valence-electron chi connectivity index (χ2n) is 6.04. The number of benzene rings is 1. The van der Waals surface area contributed by atoms with E-state index < -0.39 is 0 Å². The molecule has 1 N–H and O–H groups in total. The highest BCUT2D eigenvalue weighted by molar-refractivity contribution is 5.17. The molecular formula is C18H28FNO. The van der Waals surface area contributed by atoms with E-state index in [0.717, 1.165) is 18.6 Å². The van der Waals surface area contributed by atoms with Crippen molar-refractivity contribution in [2.75, 3.05) is 13.7 Å². The van der Waals surface area contributed by atoms with E-state index in [2.05, 4.69) is 12.2 Å². The third-order valence-electron chi connectivity index (χ3n) is 4.61. The molecule has 118 valence electrons. The summed E-state index contributed by atoms with van der Waals surface area (Å²) in [7, 11) is 2.00. The second kappa shape index (κ2) is 8.50. The van der Waals surface area contributed by atoms with Crippen molar-refractivity contribution in [2.45, 2.75) is 57.6 Å². The second-order valence-corrected chi connectivity index (χ2v) is 6.04. The highest BCUT2D eigenvalue weighted by atomic mass is 19.1. The molecule has 2 atom stereocenters. The van der Waals surface area contributed by atoms with Crippen LogP contribution < -0.4 is 5.32 Å². The summed E-state index contributed by atoms with van der Waals surface area (Å²) in [6.45, 7) is 2.82. The van der Waals surface area contributed by atoms with Crippen LogP contribution in [0, 0.1) is 11.7 Å². The minimum absolute atomic E-state index is 0.173. The minimum Gasteiger partial charge on any atom is -0.377 e. The molecule has 3 heteroatoms. The predicted octanol–water partition coefficient (Wildman–Crippen LogP) is 3.94. The average Bonchev–Trinajstić information content (AvgIpc) is 2.53. The van der Waals surface area contributed by atoms with Gasteiger partial charge in [-0.3, -0.25) is 0 Å². The Morgan fingerprint density at radius 2 is 1.86 bits per heavy atom. The zero-order valence-electron chi connectivity index (χ0n) is 13.3. The molecule has 2 rings (SSSR count). The molecule has 2 unspecified atom stereocenters. The molecule has 1 aliphatic carbocycles. The molecule has 0 aliphatic heterocycles. The van der Waals surface area contributed by atoms with E-state index in [1.807, 2.05) is 19.2 Å². The summed E-state index contributed by atoms with van der Waals surface area (Å²) in [5.41, 5.74) is 1.16. The number of likely N-dealkylation sites (N-methyl/N-ethyl adjacent to an activating group) is 1. The van der Waals surface area contributed by atoms with Crippen LogP contribution >= 0.6 is 0 Å². The Morgan fingerprint density at radius 3 is 2.43 bits per heavy atom. The molecule has 2 nitrogen and oxygen atoms in total. The van der Waals surface area contributed by atoms with Crippen LogP contribution in [0.4, 0.5) is 4.39 Å². The van der Waals surface area contributed by atoms with Gasteiger partial charge in [0.1, 0.15) is 5.82 Å². The first kappa shape index (κ1) is 16.4. The van der Waals surface area contributed by atoms with Gasteiger partial charge in [-0.05, 0) is 56.8 Å². The minimum atomic E-state index is -0.173. The maximum absolute atomic E-state index is 13.0. The fraction of sp³-hybridized carbons (Fsp3) is 0.667.